The highest BCUT2D eigenvalue weighted by Gasteiger charge is 2.44. The number of nitrogens with one attached hydrogen (secondary N) is 1. The van der Waals surface area contributed by atoms with Gasteiger partial charge in [0.1, 0.15) is 5.60 Å². The minimum atomic E-state index is -0.508. The maximum absolute atomic E-state index is 13.2. The molecule has 0 atom stereocenters. The number of H-pyrrole nitrogens is 1. The maximum Gasteiger partial charge on any atom is 0.410 e. The number of amides is 1. The molecule has 2 aromatic heterocycles. The molecule has 1 N–H and O–H groups in total. The smallest absolute Gasteiger partial charge is 0.410 e. The molecule has 1 saturated heterocycles. The lowest BCUT2D eigenvalue weighted by Crippen LogP contribution is -2.50. The van der Waals surface area contributed by atoms with Crippen LogP contribution in [0.5, 0.6) is 0 Å². The Balaban J connectivity index is 0.00000117. The first-order valence-electron chi connectivity index (χ1n) is 10.3. The monoisotopic (exact) mass is 467 g/mol. The van der Waals surface area contributed by atoms with Gasteiger partial charge >= 0.3 is 6.09 Å². The van der Waals surface area contributed by atoms with Crippen molar-refractivity contribution in [3.63, 3.8) is 0 Å². The van der Waals surface area contributed by atoms with Crippen LogP contribution in [0.15, 0.2) is 9.53 Å². The van der Waals surface area contributed by atoms with Gasteiger partial charge in [0, 0.05) is 24.1 Å². The summed E-state index contributed by atoms with van der Waals surface area (Å²) in [4.78, 5) is 36.2. The van der Waals surface area contributed by atoms with Crippen LogP contribution in [0.3, 0.4) is 0 Å². The SMILES string of the molecule is CC.CC(C)(C)OC(=O)N1CCC2(CCCc3nc4nc(Br)[nH]n4c(=O)c32)CC1. The van der Waals surface area contributed by atoms with Crippen molar-refractivity contribution in [3.05, 3.63) is 26.3 Å². The Kier molecular flexibility index (Phi) is 6.08. The summed E-state index contributed by atoms with van der Waals surface area (Å²) < 4.78 is 7.40. The van der Waals surface area contributed by atoms with E-state index in [4.69, 9.17) is 4.74 Å². The van der Waals surface area contributed by atoms with Crippen LogP contribution >= 0.6 is 15.9 Å². The van der Waals surface area contributed by atoms with E-state index >= 15 is 0 Å². The topological polar surface area (TPSA) is 92.6 Å². The number of carbonyl (C=O) groups excluding carboxylic acids is 1. The number of aromatic nitrogens is 4. The fraction of sp³-hybridized carbons (Fsp3) is 0.700. The molecule has 1 aliphatic heterocycles. The highest BCUT2D eigenvalue weighted by Crippen LogP contribution is 2.43. The van der Waals surface area contributed by atoms with Gasteiger partial charge in [-0.05, 0) is 68.8 Å². The molecule has 160 valence electrons. The molecule has 29 heavy (non-hydrogen) atoms. The van der Waals surface area contributed by atoms with Gasteiger partial charge in [0.15, 0.2) is 4.73 Å². The minimum Gasteiger partial charge on any atom is -0.444 e. The largest absolute Gasteiger partial charge is 0.444 e. The summed E-state index contributed by atoms with van der Waals surface area (Å²) in [7, 11) is 0. The molecule has 8 nitrogen and oxygen atoms in total. The molecule has 9 heteroatoms. The van der Waals surface area contributed by atoms with Crippen molar-refractivity contribution in [2.24, 2.45) is 0 Å². The zero-order chi connectivity index (χ0) is 21.4. The predicted octanol–water partition coefficient (Wildman–Crippen LogP) is 3.81. The summed E-state index contributed by atoms with van der Waals surface area (Å²) in [6, 6.07) is 0. The molecule has 1 amide bonds. The number of likely N-dealkylation sites (tertiary alicyclic amines) is 1. The van der Waals surface area contributed by atoms with Gasteiger partial charge in [0.2, 0.25) is 0 Å². The molecule has 2 aliphatic rings. The lowest BCUT2D eigenvalue weighted by atomic mass is 9.66. The number of fused-ring (bicyclic) bond motifs is 3. The van der Waals surface area contributed by atoms with Crippen molar-refractivity contribution in [2.75, 3.05) is 13.1 Å². The van der Waals surface area contributed by atoms with E-state index in [0.29, 0.717) is 23.6 Å². The molecule has 4 rings (SSSR count). The fourth-order valence-electron chi connectivity index (χ4n) is 4.31. The number of ether oxygens (including phenoxy) is 1. The van der Waals surface area contributed by atoms with Crippen molar-refractivity contribution in [1.82, 2.24) is 24.5 Å². The second kappa shape index (κ2) is 8.08. The Morgan fingerprint density at radius 3 is 2.45 bits per heavy atom. The molecule has 0 radical (unpaired) electrons. The second-order valence-electron chi connectivity index (χ2n) is 8.49. The lowest BCUT2D eigenvalue weighted by molar-refractivity contribution is 0.0153. The number of halogens is 1. The summed E-state index contributed by atoms with van der Waals surface area (Å²) in [5.41, 5.74) is 0.849. The summed E-state index contributed by atoms with van der Waals surface area (Å²) in [6.45, 7) is 10.8. The summed E-state index contributed by atoms with van der Waals surface area (Å²) >= 11 is 3.28. The minimum absolute atomic E-state index is 0.0707. The molecule has 0 bridgehead atoms. The van der Waals surface area contributed by atoms with Gasteiger partial charge in [-0.1, -0.05) is 13.8 Å². The Hall–Kier alpha value is -1.90. The van der Waals surface area contributed by atoms with Crippen molar-refractivity contribution >= 4 is 27.8 Å². The van der Waals surface area contributed by atoms with Gasteiger partial charge in [-0.15, -0.1) is 0 Å². The van der Waals surface area contributed by atoms with Crippen molar-refractivity contribution < 1.29 is 9.53 Å². The summed E-state index contributed by atoms with van der Waals surface area (Å²) in [5, 5.41) is 2.91. The number of hydrogen-bond acceptors (Lipinski definition) is 5. The number of nitrogens with zero attached hydrogens (tertiary/aromatic N) is 4. The van der Waals surface area contributed by atoms with Gasteiger partial charge in [-0.2, -0.15) is 9.50 Å². The number of carbonyl (C=O) groups is 1. The third kappa shape index (κ3) is 4.20. The first-order valence-corrected chi connectivity index (χ1v) is 11.1. The maximum atomic E-state index is 13.2. The highest BCUT2D eigenvalue weighted by atomic mass is 79.9. The van der Waals surface area contributed by atoms with Crippen molar-refractivity contribution in [3.8, 4) is 0 Å². The number of aromatic amines is 1. The average Bonchev–Trinajstić information content (AvgIpc) is 3.03. The summed E-state index contributed by atoms with van der Waals surface area (Å²) in [6.07, 6.45) is 3.95. The Morgan fingerprint density at radius 2 is 1.83 bits per heavy atom. The molecule has 1 fully saturated rings. The first kappa shape index (κ1) is 21.8. The van der Waals surface area contributed by atoms with Gasteiger partial charge in [0.25, 0.3) is 11.3 Å². The molecular formula is C20H30BrN5O3. The first-order chi connectivity index (χ1) is 13.7. The third-order valence-electron chi connectivity index (χ3n) is 5.51. The average molecular weight is 468 g/mol. The number of rotatable bonds is 0. The van der Waals surface area contributed by atoms with Crippen LogP contribution in [0.2, 0.25) is 0 Å². The normalized spacial score (nSPS) is 18.2. The van der Waals surface area contributed by atoms with Crippen molar-refractivity contribution in [2.45, 2.75) is 77.7 Å². The van der Waals surface area contributed by atoms with Crippen LogP contribution in [-0.2, 0) is 16.6 Å². The van der Waals surface area contributed by atoms with E-state index in [0.717, 1.165) is 43.4 Å². The molecule has 1 aliphatic carbocycles. The zero-order valence-electron chi connectivity index (χ0n) is 17.8. The van der Waals surface area contributed by atoms with E-state index in [9.17, 15) is 9.59 Å². The van der Waals surface area contributed by atoms with Crippen LogP contribution < -0.4 is 5.56 Å². The Labute approximate surface area is 179 Å². The van der Waals surface area contributed by atoms with Gasteiger partial charge < -0.3 is 9.64 Å². The molecule has 2 aromatic rings. The fourth-order valence-corrected chi connectivity index (χ4v) is 4.65. The van der Waals surface area contributed by atoms with E-state index in [2.05, 4.69) is 31.0 Å². The van der Waals surface area contributed by atoms with E-state index < -0.39 is 5.60 Å². The Morgan fingerprint density at radius 1 is 1.17 bits per heavy atom. The van der Waals surface area contributed by atoms with Crippen LogP contribution in [0.4, 0.5) is 4.79 Å². The molecule has 0 saturated carbocycles. The highest BCUT2D eigenvalue weighted by molar-refractivity contribution is 9.10. The molecule has 1 spiro atoms. The number of aryl methyl sites for hydroxylation is 1. The van der Waals surface area contributed by atoms with Crippen molar-refractivity contribution in [1.29, 1.82) is 0 Å². The second-order valence-corrected chi connectivity index (χ2v) is 9.24. The number of hydrogen-bond donors (Lipinski definition) is 1. The van der Waals surface area contributed by atoms with E-state index in [1.54, 1.807) is 4.90 Å². The van der Waals surface area contributed by atoms with E-state index in [1.807, 2.05) is 34.6 Å². The molecular weight excluding hydrogens is 438 g/mol. The van der Waals surface area contributed by atoms with Gasteiger partial charge in [0.05, 0.1) is 5.69 Å². The van der Waals surface area contributed by atoms with E-state index in [-0.39, 0.29) is 17.1 Å². The Bertz CT molecular complexity index is 951. The van der Waals surface area contributed by atoms with Crippen LogP contribution in [0, 0.1) is 0 Å². The zero-order valence-corrected chi connectivity index (χ0v) is 19.4. The molecule has 0 unspecified atom stereocenters. The lowest BCUT2D eigenvalue weighted by Gasteiger charge is -2.44. The predicted molar refractivity (Wildman–Crippen MR) is 114 cm³/mol. The molecule has 0 aromatic carbocycles. The van der Waals surface area contributed by atoms with Crippen LogP contribution in [-0.4, -0.2) is 49.3 Å². The third-order valence-corrected chi connectivity index (χ3v) is 5.87. The van der Waals surface area contributed by atoms with E-state index in [1.165, 1.54) is 4.52 Å². The quantitative estimate of drug-likeness (QED) is 0.635. The van der Waals surface area contributed by atoms with Crippen LogP contribution in [0.1, 0.15) is 71.6 Å². The number of piperidine rings is 1. The van der Waals surface area contributed by atoms with Crippen LogP contribution in [0.25, 0.3) is 5.78 Å². The van der Waals surface area contributed by atoms with Gasteiger partial charge in [-0.3, -0.25) is 9.89 Å². The standard InChI is InChI=1S/C18H24BrN5O3.C2H6/c1-17(2,3)27-16(26)23-9-7-18(8-10-23)6-4-5-11-12(18)13(25)24-15(20-11)21-14(19)22-24;1-2/h4-10H2,1-3H3,(H,20,21,22);1-2H3. The summed E-state index contributed by atoms with van der Waals surface area (Å²) in [5.74, 6) is 0.397. The van der Waals surface area contributed by atoms with Gasteiger partial charge in [-0.25, -0.2) is 9.78 Å². The molecule has 3 heterocycles.